The van der Waals surface area contributed by atoms with Gasteiger partial charge in [0.1, 0.15) is 0 Å². The molecule has 0 amide bonds. The Morgan fingerprint density at radius 2 is 1.62 bits per heavy atom. The van der Waals surface area contributed by atoms with Gasteiger partial charge >= 0.3 is 0 Å². The lowest BCUT2D eigenvalue weighted by molar-refractivity contribution is -0.0471. The Labute approximate surface area is 131 Å². The summed E-state index contributed by atoms with van der Waals surface area (Å²) in [5, 5.41) is 3.73. The number of hydrogen-bond acceptors (Lipinski definition) is 2. The van der Waals surface area contributed by atoms with Gasteiger partial charge in [0.15, 0.2) is 0 Å². The van der Waals surface area contributed by atoms with E-state index < -0.39 is 0 Å². The first-order chi connectivity index (χ1) is 10.0. The van der Waals surface area contributed by atoms with Crippen molar-refractivity contribution < 1.29 is 4.74 Å². The molecule has 1 aromatic rings. The summed E-state index contributed by atoms with van der Waals surface area (Å²) < 4.78 is 5.97. The normalized spacial score (nSPS) is 13.4. The van der Waals surface area contributed by atoms with Crippen molar-refractivity contribution in [3.63, 3.8) is 0 Å². The summed E-state index contributed by atoms with van der Waals surface area (Å²) in [4.78, 5) is 0. The summed E-state index contributed by atoms with van der Waals surface area (Å²) in [6.45, 7) is 12.1. The molecule has 1 aromatic carbocycles. The fourth-order valence-electron chi connectivity index (χ4n) is 3.36. The molecule has 1 N–H and O–H groups in total. The summed E-state index contributed by atoms with van der Waals surface area (Å²) in [5.41, 5.74) is 4.02. The number of methoxy groups -OCH3 is 1. The smallest absolute Gasteiger partial charge is 0.0828 e. The lowest BCUT2D eigenvalue weighted by Gasteiger charge is -2.39. The third-order valence-corrected chi connectivity index (χ3v) is 4.60. The fraction of sp³-hybridized carbons (Fsp3) is 0.684. The standard InChI is InChI=1S/C19H33NO/c1-7-10-20-18(19(8-2,9-3)21-6)14-17-12-15(4)11-16(5)13-17/h11-13,18,20H,7-10,14H2,1-6H3. The highest BCUT2D eigenvalue weighted by Crippen LogP contribution is 2.27. The molecule has 120 valence electrons. The average molecular weight is 291 g/mol. The number of hydrogen-bond donors (Lipinski definition) is 1. The van der Waals surface area contributed by atoms with E-state index in [1.165, 1.54) is 16.7 Å². The van der Waals surface area contributed by atoms with Crippen molar-refractivity contribution in [1.29, 1.82) is 0 Å². The highest BCUT2D eigenvalue weighted by molar-refractivity contribution is 5.29. The lowest BCUT2D eigenvalue weighted by Crippen LogP contribution is -2.53. The van der Waals surface area contributed by atoms with Gasteiger partial charge in [-0.05, 0) is 51.6 Å². The van der Waals surface area contributed by atoms with E-state index in [0.29, 0.717) is 6.04 Å². The number of rotatable bonds is 9. The van der Waals surface area contributed by atoms with Crippen molar-refractivity contribution in [2.45, 2.75) is 71.9 Å². The van der Waals surface area contributed by atoms with Crippen LogP contribution in [0.5, 0.6) is 0 Å². The molecule has 0 aliphatic carbocycles. The highest BCUT2D eigenvalue weighted by Gasteiger charge is 2.35. The van der Waals surface area contributed by atoms with E-state index in [0.717, 1.165) is 32.2 Å². The third-order valence-electron chi connectivity index (χ3n) is 4.60. The predicted octanol–water partition coefficient (Wildman–Crippen LogP) is 4.42. The molecule has 0 aromatic heterocycles. The second-order valence-electron chi connectivity index (χ2n) is 6.18. The minimum absolute atomic E-state index is 0.0766. The molecule has 1 rings (SSSR count). The van der Waals surface area contributed by atoms with E-state index in [1.54, 1.807) is 0 Å². The van der Waals surface area contributed by atoms with Crippen molar-refractivity contribution >= 4 is 0 Å². The van der Waals surface area contributed by atoms with Gasteiger partial charge in [-0.15, -0.1) is 0 Å². The summed E-state index contributed by atoms with van der Waals surface area (Å²) >= 11 is 0. The molecule has 2 nitrogen and oxygen atoms in total. The van der Waals surface area contributed by atoms with Crippen LogP contribution in [0.3, 0.4) is 0 Å². The van der Waals surface area contributed by atoms with Gasteiger partial charge in [-0.2, -0.15) is 0 Å². The van der Waals surface area contributed by atoms with E-state index in [4.69, 9.17) is 4.74 Å². The molecule has 21 heavy (non-hydrogen) atoms. The summed E-state index contributed by atoms with van der Waals surface area (Å²) in [6, 6.07) is 7.21. The molecule has 0 aliphatic rings. The van der Waals surface area contributed by atoms with Crippen LogP contribution in [0.2, 0.25) is 0 Å². The van der Waals surface area contributed by atoms with E-state index in [1.807, 2.05) is 7.11 Å². The van der Waals surface area contributed by atoms with Gasteiger partial charge in [-0.1, -0.05) is 50.1 Å². The first-order valence-electron chi connectivity index (χ1n) is 8.37. The number of aryl methyl sites for hydroxylation is 2. The maximum absolute atomic E-state index is 5.97. The Kier molecular flexibility index (Phi) is 7.41. The second kappa shape index (κ2) is 8.55. The summed E-state index contributed by atoms with van der Waals surface area (Å²) in [7, 11) is 1.86. The van der Waals surface area contributed by atoms with Crippen LogP contribution in [0.15, 0.2) is 18.2 Å². The van der Waals surface area contributed by atoms with Gasteiger partial charge in [0.25, 0.3) is 0 Å². The molecule has 1 atom stereocenters. The Morgan fingerprint density at radius 3 is 2.05 bits per heavy atom. The van der Waals surface area contributed by atoms with Gasteiger partial charge in [-0.25, -0.2) is 0 Å². The monoisotopic (exact) mass is 291 g/mol. The van der Waals surface area contributed by atoms with Crippen molar-refractivity contribution in [2.75, 3.05) is 13.7 Å². The molecule has 0 fully saturated rings. The van der Waals surface area contributed by atoms with E-state index in [2.05, 4.69) is 58.1 Å². The Hall–Kier alpha value is -0.860. The third kappa shape index (κ3) is 4.82. The average Bonchev–Trinajstić information content (AvgIpc) is 2.45. The second-order valence-corrected chi connectivity index (χ2v) is 6.18. The predicted molar refractivity (Wildman–Crippen MR) is 92.0 cm³/mol. The minimum Gasteiger partial charge on any atom is -0.377 e. The molecule has 0 spiro atoms. The zero-order chi connectivity index (χ0) is 15.9. The zero-order valence-corrected chi connectivity index (χ0v) is 14.8. The Balaban J connectivity index is 3.01. The molecule has 0 radical (unpaired) electrons. The van der Waals surface area contributed by atoms with Gasteiger partial charge in [0.05, 0.1) is 5.60 Å². The molecule has 0 saturated heterocycles. The van der Waals surface area contributed by atoms with Gasteiger partial charge < -0.3 is 10.1 Å². The fourth-order valence-corrected chi connectivity index (χ4v) is 3.36. The molecule has 0 aliphatic heterocycles. The van der Waals surface area contributed by atoms with Gasteiger partial charge in [0.2, 0.25) is 0 Å². The number of ether oxygens (including phenoxy) is 1. The van der Waals surface area contributed by atoms with Crippen molar-refractivity contribution in [2.24, 2.45) is 0 Å². The number of benzene rings is 1. The SMILES string of the molecule is CCCNC(Cc1cc(C)cc(C)c1)C(CC)(CC)OC. The van der Waals surface area contributed by atoms with Crippen molar-refractivity contribution in [3.8, 4) is 0 Å². The molecular formula is C19H33NO. The zero-order valence-electron chi connectivity index (χ0n) is 14.8. The first-order valence-corrected chi connectivity index (χ1v) is 8.37. The minimum atomic E-state index is -0.0766. The van der Waals surface area contributed by atoms with Gasteiger partial charge in [-0.3, -0.25) is 0 Å². The Morgan fingerprint density at radius 1 is 1.05 bits per heavy atom. The largest absolute Gasteiger partial charge is 0.377 e. The lowest BCUT2D eigenvalue weighted by atomic mass is 9.84. The topological polar surface area (TPSA) is 21.3 Å². The van der Waals surface area contributed by atoms with E-state index in [9.17, 15) is 0 Å². The molecule has 0 saturated carbocycles. The first kappa shape index (κ1) is 18.2. The number of nitrogens with one attached hydrogen (secondary N) is 1. The molecule has 1 unspecified atom stereocenters. The maximum Gasteiger partial charge on any atom is 0.0828 e. The van der Waals surface area contributed by atoms with Gasteiger partial charge in [0, 0.05) is 13.2 Å². The van der Waals surface area contributed by atoms with Crippen molar-refractivity contribution in [3.05, 3.63) is 34.9 Å². The summed E-state index contributed by atoms with van der Waals surface area (Å²) in [5.74, 6) is 0. The maximum atomic E-state index is 5.97. The van der Waals surface area contributed by atoms with Crippen LogP contribution >= 0.6 is 0 Å². The molecule has 0 bridgehead atoms. The van der Waals surface area contributed by atoms with E-state index in [-0.39, 0.29) is 5.60 Å². The van der Waals surface area contributed by atoms with Crippen LogP contribution in [-0.2, 0) is 11.2 Å². The highest BCUT2D eigenvalue weighted by atomic mass is 16.5. The van der Waals surface area contributed by atoms with Crippen LogP contribution in [0.1, 0.15) is 56.7 Å². The summed E-state index contributed by atoms with van der Waals surface area (Å²) in [6.07, 6.45) is 4.24. The molecular weight excluding hydrogens is 258 g/mol. The molecule has 2 heteroatoms. The van der Waals surface area contributed by atoms with Crippen LogP contribution < -0.4 is 5.32 Å². The van der Waals surface area contributed by atoms with Crippen molar-refractivity contribution in [1.82, 2.24) is 5.32 Å². The Bertz CT molecular complexity index is 395. The van der Waals surface area contributed by atoms with Crippen LogP contribution in [0, 0.1) is 13.8 Å². The van der Waals surface area contributed by atoms with E-state index >= 15 is 0 Å². The quantitative estimate of drug-likeness (QED) is 0.727. The molecule has 0 heterocycles. The van der Waals surface area contributed by atoms with Crippen LogP contribution in [0.4, 0.5) is 0 Å². The van der Waals surface area contributed by atoms with Crippen LogP contribution in [-0.4, -0.2) is 25.3 Å². The van der Waals surface area contributed by atoms with Crippen LogP contribution in [0.25, 0.3) is 0 Å².